The minimum Gasteiger partial charge on any atom is -0.497 e. The van der Waals surface area contributed by atoms with Gasteiger partial charge in [-0.2, -0.15) is 10.1 Å². The lowest BCUT2D eigenvalue weighted by molar-refractivity contribution is -0.132. The molecule has 1 aliphatic heterocycles. The third kappa shape index (κ3) is 4.21. The van der Waals surface area contributed by atoms with Crippen LogP contribution in [0.4, 0.5) is 0 Å². The molecule has 1 saturated heterocycles. The zero-order valence-electron chi connectivity index (χ0n) is 18.0. The second-order valence-corrected chi connectivity index (χ2v) is 7.63. The van der Waals surface area contributed by atoms with Gasteiger partial charge in [0.2, 0.25) is 5.91 Å². The first-order valence-electron chi connectivity index (χ1n) is 10.3. The summed E-state index contributed by atoms with van der Waals surface area (Å²) in [6.07, 6.45) is 2.48. The summed E-state index contributed by atoms with van der Waals surface area (Å²) in [4.78, 5) is 37.7. The van der Waals surface area contributed by atoms with Crippen LogP contribution in [0.15, 0.2) is 30.6 Å². The molecule has 0 radical (unpaired) electrons. The summed E-state index contributed by atoms with van der Waals surface area (Å²) < 4.78 is 6.85. The molecule has 0 atom stereocenters. The molecule has 0 saturated carbocycles. The van der Waals surface area contributed by atoms with Gasteiger partial charge in [-0.05, 0) is 50.1 Å². The molecule has 0 unspecified atom stereocenters. The lowest BCUT2D eigenvalue weighted by Gasteiger charge is -2.35. The summed E-state index contributed by atoms with van der Waals surface area (Å²) in [5, 5.41) is 4.20. The Kier molecular flexibility index (Phi) is 5.83. The van der Waals surface area contributed by atoms with Gasteiger partial charge in [0.25, 0.3) is 11.7 Å². The lowest BCUT2D eigenvalue weighted by atomic mass is 10.1. The van der Waals surface area contributed by atoms with Gasteiger partial charge in [-0.25, -0.2) is 9.50 Å². The average molecular weight is 422 g/mol. The molecule has 1 aromatic carbocycles. The molecule has 3 aromatic rings. The van der Waals surface area contributed by atoms with E-state index in [2.05, 4.69) is 15.1 Å². The smallest absolute Gasteiger partial charge is 0.253 e. The Morgan fingerprint density at radius 1 is 1.03 bits per heavy atom. The maximum atomic E-state index is 12.8. The van der Waals surface area contributed by atoms with Crippen LogP contribution in [0, 0.1) is 13.8 Å². The number of ether oxygens (including phenoxy) is 1. The van der Waals surface area contributed by atoms with Crippen LogP contribution in [0.1, 0.15) is 33.7 Å². The molecule has 9 heteroatoms. The van der Waals surface area contributed by atoms with Crippen molar-refractivity contribution in [3.05, 3.63) is 53.1 Å². The van der Waals surface area contributed by atoms with Crippen LogP contribution in [-0.4, -0.2) is 74.5 Å². The van der Waals surface area contributed by atoms with Gasteiger partial charge in [0.15, 0.2) is 0 Å². The van der Waals surface area contributed by atoms with E-state index in [1.807, 2.05) is 18.7 Å². The Hall–Kier alpha value is -3.49. The van der Waals surface area contributed by atoms with E-state index in [0.29, 0.717) is 50.4 Å². The summed E-state index contributed by atoms with van der Waals surface area (Å²) in [7, 11) is 1.60. The monoisotopic (exact) mass is 422 g/mol. The maximum absolute atomic E-state index is 12.8. The molecule has 0 N–H and O–H groups in total. The Morgan fingerprint density at radius 3 is 2.39 bits per heavy atom. The number of aryl methyl sites for hydroxylation is 2. The number of piperazine rings is 1. The highest BCUT2D eigenvalue weighted by atomic mass is 16.5. The average Bonchev–Trinajstić information content (AvgIpc) is 3.27. The standard InChI is InChI=1S/C22H26N6O3/c1-15-19(16(2)28-22(25-15)23-14-24-28)8-9-20(29)26-10-12-27(13-11-26)21(30)17-4-6-18(31-3)7-5-17/h4-7,14H,8-13H2,1-3H3. The molecule has 9 nitrogen and oxygen atoms in total. The van der Waals surface area contributed by atoms with E-state index in [9.17, 15) is 9.59 Å². The number of amides is 2. The molecule has 3 heterocycles. The van der Waals surface area contributed by atoms with Crippen molar-refractivity contribution < 1.29 is 14.3 Å². The number of fused-ring (bicyclic) bond motifs is 1. The van der Waals surface area contributed by atoms with Crippen molar-refractivity contribution in [2.45, 2.75) is 26.7 Å². The van der Waals surface area contributed by atoms with E-state index in [4.69, 9.17) is 4.74 Å². The van der Waals surface area contributed by atoms with Crippen molar-refractivity contribution in [3.8, 4) is 5.75 Å². The number of carbonyl (C=O) groups excluding carboxylic acids is 2. The van der Waals surface area contributed by atoms with Gasteiger partial charge in [-0.3, -0.25) is 9.59 Å². The fraction of sp³-hybridized carbons (Fsp3) is 0.409. The van der Waals surface area contributed by atoms with E-state index in [-0.39, 0.29) is 11.8 Å². The van der Waals surface area contributed by atoms with Crippen molar-refractivity contribution >= 4 is 17.6 Å². The highest BCUT2D eigenvalue weighted by Crippen LogP contribution is 2.17. The van der Waals surface area contributed by atoms with Crippen LogP contribution in [0.3, 0.4) is 0 Å². The van der Waals surface area contributed by atoms with Crippen LogP contribution in [0.5, 0.6) is 5.75 Å². The Morgan fingerprint density at radius 2 is 1.71 bits per heavy atom. The lowest BCUT2D eigenvalue weighted by Crippen LogP contribution is -2.50. The molecule has 31 heavy (non-hydrogen) atoms. The van der Waals surface area contributed by atoms with Crippen LogP contribution in [0.25, 0.3) is 5.78 Å². The van der Waals surface area contributed by atoms with Gasteiger partial charge < -0.3 is 14.5 Å². The molecule has 162 valence electrons. The number of hydrogen-bond acceptors (Lipinski definition) is 6. The van der Waals surface area contributed by atoms with E-state index < -0.39 is 0 Å². The molecule has 2 amide bonds. The molecule has 1 fully saturated rings. The number of hydrogen-bond donors (Lipinski definition) is 0. The van der Waals surface area contributed by atoms with E-state index in [1.54, 1.807) is 40.8 Å². The normalized spacial score (nSPS) is 14.2. The first-order valence-corrected chi connectivity index (χ1v) is 10.3. The number of benzene rings is 1. The number of nitrogens with zero attached hydrogens (tertiary/aromatic N) is 6. The van der Waals surface area contributed by atoms with Gasteiger partial charge in [0, 0.05) is 49.6 Å². The topological polar surface area (TPSA) is 92.9 Å². The summed E-state index contributed by atoms with van der Waals surface area (Å²) in [5.41, 5.74) is 3.49. The van der Waals surface area contributed by atoms with Crippen molar-refractivity contribution in [2.24, 2.45) is 0 Å². The fourth-order valence-electron chi connectivity index (χ4n) is 3.98. The number of aromatic nitrogens is 4. The highest BCUT2D eigenvalue weighted by Gasteiger charge is 2.25. The predicted octanol–water partition coefficient (Wildman–Crippen LogP) is 1.67. The second kappa shape index (κ2) is 8.71. The summed E-state index contributed by atoms with van der Waals surface area (Å²) in [6.45, 7) is 6.05. The number of rotatable bonds is 5. The van der Waals surface area contributed by atoms with Crippen molar-refractivity contribution in [2.75, 3.05) is 33.3 Å². The SMILES string of the molecule is COc1ccc(C(=O)N2CCN(C(=O)CCc3c(C)nc4ncnn4c3C)CC2)cc1. The van der Waals surface area contributed by atoms with E-state index in [0.717, 1.165) is 22.7 Å². The molecule has 4 rings (SSSR count). The third-order valence-electron chi connectivity index (χ3n) is 5.83. The molecule has 0 bridgehead atoms. The summed E-state index contributed by atoms with van der Waals surface area (Å²) in [5.74, 6) is 1.36. The number of methoxy groups -OCH3 is 1. The molecule has 0 aliphatic carbocycles. The summed E-state index contributed by atoms with van der Waals surface area (Å²) >= 11 is 0. The van der Waals surface area contributed by atoms with Crippen molar-refractivity contribution in [1.82, 2.24) is 29.4 Å². The Bertz CT molecular complexity index is 1100. The zero-order chi connectivity index (χ0) is 22.0. The molecular weight excluding hydrogens is 396 g/mol. The number of carbonyl (C=O) groups is 2. The van der Waals surface area contributed by atoms with Crippen LogP contribution < -0.4 is 4.74 Å². The Labute approximate surface area is 180 Å². The molecular formula is C22H26N6O3. The van der Waals surface area contributed by atoms with Crippen molar-refractivity contribution in [1.29, 1.82) is 0 Å². The minimum absolute atomic E-state index is 0.0202. The summed E-state index contributed by atoms with van der Waals surface area (Å²) in [6, 6.07) is 7.09. The van der Waals surface area contributed by atoms with Gasteiger partial charge in [-0.15, -0.1) is 0 Å². The Balaban J connectivity index is 1.33. The van der Waals surface area contributed by atoms with E-state index in [1.165, 1.54) is 6.33 Å². The molecule has 0 spiro atoms. The molecule has 2 aromatic heterocycles. The first-order chi connectivity index (χ1) is 15.0. The highest BCUT2D eigenvalue weighted by molar-refractivity contribution is 5.94. The van der Waals surface area contributed by atoms with Crippen LogP contribution >= 0.6 is 0 Å². The van der Waals surface area contributed by atoms with Gasteiger partial charge in [-0.1, -0.05) is 0 Å². The van der Waals surface area contributed by atoms with Crippen LogP contribution in [0.2, 0.25) is 0 Å². The van der Waals surface area contributed by atoms with Gasteiger partial charge in [0.05, 0.1) is 7.11 Å². The van der Waals surface area contributed by atoms with Crippen molar-refractivity contribution in [3.63, 3.8) is 0 Å². The first kappa shape index (κ1) is 20.8. The maximum Gasteiger partial charge on any atom is 0.253 e. The zero-order valence-corrected chi connectivity index (χ0v) is 18.0. The minimum atomic E-state index is -0.0202. The third-order valence-corrected chi connectivity index (χ3v) is 5.83. The molecule has 1 aliphatic rings. The van der Waals surface area contributed by atoms with Crippen LogP contribution in [-0.2, 0) is 11.2 Å². The fourth-order valence-corrected chi connectivity index (χ4v) is 3.98. The van der Waals surface area contributed by atoms with E-state index >= 15 is 0 Å². The largest absolute Gasteiger partial charge is 0.497 e. The van der Waals surface area contributed by atoms with Gasteiger partial charge >= 0.3 is 0 Å². The quantitative estimate of drug-likeness (QED) is 0.621. The predicted molar refractivity (Wildman–Crippen MR) is 114 cm³/mol. The second-order valence-electron chi connectivity index (χ2n) is 7.63. The van der Waals surface area contributed by atoms with Gasteiger partial charge in [0.1, 0.15) is 12.1 Å².